The summed E-state index contributed by atoms with van der Waals surface area (Å²) in [7, 11) is 0. The lowest BCUT2D eigenvalue weighted by Gasteiger charge is -2.10. The van der Waals surface area contributed by atoms with E-state index in [2.05, 4.69) is 31.4 Å². The summed E-state index contributed by atoms with van der Waals surface area (Å²) in [6, 6.07) is 2.80. The van der Waals surface area contributed by atoms with Crippen molar-refractivity contribution in [3.8, 4) is 5.75 Å². The third-order valence-electron chi connectivity index (χ3n) is 3.22. The van der Waals surface area contributed by atoms with Crippen LogP contribution in [0.25, 0.3) is 0 Å². The van der Waals surface area contributed by atoms with E-state index >= 15 is 0 Å². The second-order valence-corrected chi connectivity index (χ2v) is 7.17. The molecular formula is C18H19BrFN3O5S. The minimum absolute atomic E-state index is 0.0679. The number of nitrogens with one attached hydrogen (secondary N) is 1. The first-order chi connectivity index (χ1) is 13.9. The molecule has 1 N–H and O–H groups in total. The lowest BCUT2D eigenvalue weighted by Crippen LogP contribution is -2.16. The van der Waals surface area contributed by atoms with Crippen LogP contribution < -0.4 is 10.2 Å². The van der Waals surface area contributed by atoms with Gasteiger partial charge in [-0.1, -0.05) is 15.9 Å². The number of anilines is 1. The number of carbonyl (C=O) groups is 2. The fraction of sp³-hybridized carbons (Fsp3) is 0.333. The van der Waals surface area contributed by atoms with Crippen LogP contribution in [0.4, 0.5) is 9.52 Å². The Bertz CT molecular complexity index is 890. The highest BCUT2D eigenvalue weighted by atomic mass is 79.9. The van der Waals surface area contributed by atoms with Crippen LogP contribution in [-0.4, -0.2) is 43.0 Å². The Morgan fingerprint density at radius 2 is 2.00 bits per heavy atom. The van der Waals surface area contributed by atoms with Gasteiger partial charge in [0, 0.05) is 15.4 Å². The van der Waals surface area contributed by atoms with Gasteiger partial charge in [0.05, 0.1) is 31.5 Å². The van der Waals surface area contributed by atoms with Crippen LogP contribution in [-0.2, 0) is 25.5 Å². The number of carbonyl (C=O) groups excluding carboxylic acids is 2. The molecule has 0 bridgehead atoms. The number of aromatic nitrogens is 1. The smallest absolute Gasteiger partial charge is 0.344 e. The zero-order valence-corrected chi connectivity index (χ0v) is 18.1. The number of benzene rings is 1. The monoisotopic (exact) mass is 487 g/mol. The molecule has 0 aliphatic heterocycles. The van der Waals surface area contributed by atoms with Crippen LogP contribution in [0.1, 0.15) is 25.1 Å². The maximum atomic E-state index is 14.2. The Balaban J connectivity index is 2.05. The SMILES string of the molecule is CCOC(=O)COc1c(F)cc(Br)cc1C=NNc1nc(CC(=O)OCC)cs1. The quantitative estimate of drug-likeness (QED) is 0.310. The van der Waals surface area contributed by atoms with Gasteiger partial charge in [0.15, 0.2) is 18.2 Å². The fourth-order valence-corrected chi connectivity index (χ4v) is 3.23. The van der Waals surface area contributed by atoms with Crippen molar-refractivity contribution in [2.24, 2.45) is 5.10 Å². The molecular weight excluding hydrogens is 469 g/mol. The van der Waals surface area contributed by atoms with Crippen LogP contribution >= 0.6 is 27.3 Å². The van der Waals surface area contributed by atoms with Crippen molar-refractivity contribution in [1.82, 2.24) is 4.98 Å². The molecule has 11 heteroatoms. The van der Waals surface area contributed by atoms with Crippen molar-refractivity contribution in [3.63, 3.8) is 0 Å². The first-order valence-electron chi connectivity index (χ1n) is 8.59. The predicted molar refractivity (Wildman–Crippen MR) is 110 cm³/mol. The van der Waals surface area contributed by atoms with Gasteiger partial charge in [0.1, 0.15) is 0 Å². The van der Waals surface area contributed by atoms with E-state index in [-0.39, 0.29) is 24.7 Å². The Labute approximate surface area is 179 Å². The topological polar surface area (TPSA) is 99.1 Å². The maximum absolute atomic E-state index is 14.2. The van der Waals surface area contributed by atoms with Crippen LogP contribution in [0.3, 0.4) is 0 Å². The van der Waals surface area contributed by atoms with E-state index < -0.39 is 18.4 Å². The van der Waals surface area contributed by atoms with E-state index in [1.54, 1.807) is 25.3 Å². The number of rotatable bonds is 10. The third kappa shape index (κ3) is 7.42. The van der Waals surface area contributed by atoms with Gasteiger partial charge in [-0.15, -0.1) is 11.3 Å². The van der Waals surface area contributed by atoms with Crippen molar-refractivity contribution < 1.29 is 28.2 Å². The summed E-state index contributed by atoms with van der Waals surface area (Å²) in [5.41, 5.74) is 3.57. The van der Waals surface area contributed by atoms with Gasteiger partial charge in [0.2, 0.25) is 5.13 Å². The summed E-state index contributed by atoms with van der Waals surface area (Å²) in [5.74, 6) is -1.75. The Kier molecular flexibility index (Phi) is 9.00. The molecule has 1 aromatic carbocycles. The number of hydrogen-bond acceptors (Lipinski definition) is 9. The average molecular weight is 488 g/mol. The van der Waals surface area contributed by atoms with Crippen LogP contribution in [0.15, 0.2) is 27.1 Å². The zero-order chi connectivity index (χ0) is 21.2. The largest absolute Gasteiger partial charge is 0.478 e. The number of hydrazone groups is 1. The molecule has 2 aromatic rings. The van der Waals surface area contributed by atoms with Gasteiger partial charge >= 0.3 is 11.9 Å². The molecule has 0 saturated carbocycles. The van der Waals surface area contributed by atoms with Crippen LogP contribution in [0.5, 0.6) is 5.75 Å². The van der Waals surface area contributed by atoms with E-state index in [0.29, 0.717) is 27.5 Å². The molecule has 0 atom stereocenters. The molecule has 29 heavy (non-hydrogen) atoms. The number of nitrogens with zero attached hydrogens (tertiary/aromatic N) is 2. The summed E-state index contributed by atoms with van der Waals surface area (Å²) >= 11 is 4.46. The standard InChI is InChI=1S/C18H19BrFN3O5S/c1-3-26-15(24)7-13-10-29-18(22-13)23-21-8-11-5-12(19)6-14(20)17(11)28-9-16(25)27-4-2/h5-6,8,10H,3-4,7,9H2,1-2H3,(H,22,23). The van der Waals surface area contributed by atoms with Gasteiger partial charge in [-0.3, -0.25) is 10.2 Å². The Hall–Kier alpha value is -2.53. The molecule has 0 fully saturated rings. The average Bonchev–Trinajstić information content (AvgIpc) is 3.08. The van der Waals surface area contributed by atoms with Crippen LogP contribution in [0.2, 0.25) is 0 Å². The van der Waals surface area contributed by atoms with Crippen LogP contribution in [0, 0.1) is 5.82 Å². The highest BCUT2D eigenvalue weighted by Crippen LogP contribution is 2.26. The summed E-state index contributed by atoms with van der Waals surface area (Å²) in [6.07, 6.45) is 1.40. The molecule has 0 amide bonds. The Morgan fingerprint density at radius 3 is 2.72 bits per heavy atom. The number of esters is 2. The number of thiazole rings is 1. The van der Waals surface area contributed by atoms with Gasteiger partial charge in [-0.05, 0) is 26.0 Å². The normalized spacial score (nSPS) is 10.8. The van der Waals surface area contributed by atoms with E-state index in [4.69, 9.17) is 14.2 Å². The summed E-state index contributed by atoms with van der Waals surface area (Å²) in [5, 5.41) is 6.18. The van der Waals surface area contributed by atoms with Gasteiger partial charge in [-0.25, -0.2) is 14.2 Å². The second-order valence-electron chi connectivity index (χ2n) is 5.40. The van der Waals surface area contributed by atoms with Crippen molar-refractivity contribution in [3.05, 3.63) is 39.1 Å². The number of hydrogen-bond donors (Lipinski definition) is 1. The van der Waals surface area contributed by atoms with Crippen molar-refractivity contribution in [2.45, 2.75) is 20.3 Å². The molecule has 1 heterocycles. The number of halogens is 2. The molecule has 0 aliphatic carbocycles. The summed E-state index contributed by atoms with van der Waals surface area (Å²) in [4.78, 5) is 27.2. The molecule has 0 spiro atoms. The highest BCUT2D eigenvalue weighted by molar-refractivity contribution is 9.10. The van der Waals surface area contributed by atoms with Crippen molar-refractivity contribution in [2.75, 3.05) is 25.2 Å². The number of ether oxygens (including phenoxy) is 3. The minimum atomic E-state index is -0.656. The van der Waals surface area contributed by atoms with E-state index in [9.17, 15) is 14.0 Å². The highest BCUT2D eigenvalue weighted by Gasteiger charge is 2.13. The molecule has 0 radical (unpaired) electrons. The molecule has 1 aromatic heterocycles. The van der Waals surface area contributed by atoms with Gasteiger partial charge in [-0.2, -0.15) is 5.10 Å². The lowest BCUT2D eigenvalue weighted by atomic mass is 10.2. The van der Waals surface area contributed by atoms with Gasteiger partial charge < -0.3 is 14.2 Å². The Morgan fingerprint density at radius 1 is 1.28 bits per heavy atom. The maximum Gasteiger partial charge on any atom is 0.344 e. The second kappa shape index (κ2) is 11.5. The van der Waals surface area contributed by atoms with Crippen molar-refractivity contribution >= 4 is 50.6 Å². The molecule has 0 unspecified atom stereocenters. The van der Waals surface area contributed by atoms with Gasteiger partial charge in [0.25, 0.3) is 0 Å². The predicted octanol–water partition coefficient (Wildman–Crippen LogP) is 3.54. The lowest BCUT2D eigenvalue weighted by molar-refractivity contribution is -0.145. The molecule has 156 valence electrons. The first-order valence-corrected chi connectivity index (χ1v) is 10.3. The molecule has 0 aliphatic rings. The van der Waals surface area contributed by atoms with E-state index in [1.165, 1.54) is 23.6 Å². The molecule has 0 saturated heterocycles. The minimum Gasteiger partial charge on any atom is -0.478 e. The van der Waals surface area contributed by atoms with Crippen molar-refractivity contribution in [1.29, 1.82) is 0 Å². The summed E-state index contributed by atoms with van der Waals surface area (Å²) < 4.78 is 29.6. The summed E-state index contributed by atoms with van der Waals surface area (Å²) in [6.45, 7) is 3.48. The first kappa shape index (κ1) is 22.8. The fourth-order valence-electron chi connectivity index (χ4n) is 2.12. The molecule has 8 nitrogen and oxygen atoms in total. The molecule has 2 rings (SSSR count). The zero-order valence-electron chi connectivity index (χ0n) is 15.7. The third-order valence-corrected chi connectivity index (χ3v) is 4.48. The van der Waals surface area contributed by atoms with E-state index in [0.717, 1.165) is 0 Å². The van der Waals surface area contributed by atoms with E-state index in [1.807, 2.05) is 0 Å².